The summed E-state index contributed by atoms with van der Waals surface area (Å²) >= 11 is 0. The number of hydrogen-bond donors (Lipinski definition) is 1. The fraction of sp³-hybridized carbons (Fsp3) is 1.00. The van der Waals surface area contributed by atoms with Crippen LogP contribution in [0.2, 0.25) is 0 Å². The summed E-state index contributed by atoms with van der Waals surface area (Å²) in [6, 6.07) is -0.120. The molecule has 0 aromatic heterocycles. The van der Waals surface area contributed by atoms with E-state index in [0.717, 1.165) is 44.9 Å². The molecule has 0 bridgehead atoms. The molecule has 1 rings (SSSR count). The van der Waals surface area contributed by atoms with Crippen molar-refractivity contribution in [3.05, 3.63) is 0 Å². The molecule has 1 aliphatic rings. The van der Waals surface area contributed by atoms with Crippen molar-refractivity contribution >= 4 is 9.84 Å². The van der Waals surface area contributed by atoms with Gasteiger partial charge < -0.3 is 5.73 Å². The second kappa shape index (κ2) is 5.85. The molecule has 2 N–H and O–H groups in total. The zero-order valence-electron chi connectivity index (χ0n) is 9.61. The molecular weight excluding hydrogens is 210 g/mol. The van der Waals surface area contributed by atoms with E-state index in [1.54, 1.807) is 0 Å². The summed E-state index contributed by atoms with van der Waals surface area (Å²) < 4.78 is 24.0. The summed E-state index contributed by atoms with van der Waals surface area (Å²) in [6.45, 7) is 2.08. The van der Waals surface area contributed by atoms with Gasteiger partial charge in [-0.1, -0.05) is 32.6 Å². The number of nitrogens with two attached hydrogens (primary N) is 1. The second-order valence-corrected chi connectivity index (χ2v) is 6.90. The molecule has 1 saturated carbocycles. The molecule has 0 amide bonds. The molecule has 1 fully saturated rings. The van der Waals surface area contributed by atoms with Crippen molar-refractivity contribution in [1.82, 2.24) is 0 Å². The van der Waals surface area contributed by atoms with Gasteiger partial charge in [-0.15, -0.1) is 0 Å². The van der Waals surface area contributed by atoms with Gasteiger partial charge in [0, 0.05) is 6.04 Å². The number of hydrogen-bond acceptors (Lipinski definition) is 3. The van der Waals surface area contributed by atoms with Crippen LogP contribution in [-0.4, -0.2) is 25.5 Å². The number of sulfone groups is 1. The van der Waals surface area contributed by atoms with Gasteiger partial charge in [-0.2, -0.15) is 0 Å². The first-order valence-corrected chi connectivity index (χ1v) is 7.76. The Morgan fingerprint density at radius 3 is 2.47 bits per heavy atom. The van der Waals surface area contributed by atoms with E-state index in [9.17, 15) is 8.42 Å². The van der Waals surface area contributed by atoms with Gasteiger partial charge in [0.2, 0.25) is 0 Å². The minimum absolute atomic E-state index is 0.120. The summed E-state index contributed by atoms with van der Waals surface area (Å²) in [5, 5.41) is -0.261. The molecule has 0 aliphatic heterocycles. The zero-order valence-corrected chi connectivity index (χ0v) is 10.4. The van der Waals surface area contributed by atoms with Crippen LogP contribution in [0.15, 0.2) is 0 Å². The van der Waals surface area contributed by atoms with E-state index in [4.69, 9.17) is 5.73 Å². The van der Waals surface area contributed by atoms with Gasteiger partial charge >= 0.3 is 0 Å². The van der Waals surface area contributed by atoms with Gasteiger partial charge in [0.15, 0.2) is 9.84 Å². The molecule has 0 spiro atoms. The van der Waals surface area contributed by atoms with Crippen LogP contribution in [0.4, 0.5) is 0 Å². The maximum Gasteiger partial charge on any atom is 0.154 e. The highest BCUT2D eigenvalue weighted by Crippen LogP contribution is 2.24. The van der Waals surface area contributed by atoms with Gasteiger partial charge in [0.1, 0.15) is 0 Å². The average Bonchev–Trinajstić information content (AvgIpc) is 2.18. The van der Waals surface area contributed by atoms with Gasteiger partial charge in [-0.05, 0) is 19.3 Å². The van der Waals surface area contributed by atoms with Crippen LogP contribution < -0.4 is 5.73 Å². The molecular formula is C11H23NO2S. The summed E-state index contributed by atoms with van der Waals surface area (Å²) in [5.74, 6) is 0.333. The molecule has 0 saturated heterocycles. The third-order valence-electron chi connectivity index (χ3n) is 3.25. The van der Waals surface area contributed by atoms with Crippen LogP contribution in [0, 0.1) is 0 Å². The molecule has 15 heavy (non-hydrogen) atoms. The van der Waals surface area contributed by atoms with Crippen molar-refractivity contribution in [2.45, 2.75) is 63.2 Å². The minimum atomic E-state index is -2.93. The van der Waals surface area contributed by atoms with Crippen LogP contribution >= 0.6 is 0 Å². The highest BCUT2D eigenvalue weighted by Gasteiger charge is 2.32. The molecule has 2 unspecified atom stereocenters. The smallest absolute Gasteiger partial charge is 0.154 e. The number of unbranched alkanes of at least 4 members (excludes halogenated alkanes) is 2. The highest BCUT2D eigenvalue weighted by molar-refractivity contribution is 7.92. The van der Waals surface area contributed by atoms with Crippen LogP contribution in [0.25, 0.3) is 0 Å². The Hall–Kier alpha value is -0.0900. The first-order chi connectivity index (χ1) is 7.08. The van der Waals surface area contributed by atoms with Gasteiger partial charge in [0.25, 0.3) is 0 Å². The van der Waals surface area contributed by atoms with Crippen molar-refractivity contribution in [3.63, 3.8) is 0 Å². The normalized spacial score (nSPS) is 27.9. The lowest BCUT2D eigenvalue weighted by Crippen LogP contribution is -2.43. The van der Waals surface area contributed by atoms with E-state index in [1.165, 1.54) is 0 Å². The Balaban J connectivity index is 2.51. The second-order valence-electron chi connectivity index (χ2n) is 4.56. The third-order valence-corrected chi connectivity index (χ3v) is 5.61. The predicted molar refractivity (Wildman–Crippen MR) is 63.5 cm³/mol. The van der Waals surface area contributed by atoms with Crippen molar-refractivity contribution in [2.75, 3.05) is 5.75 Å². The molecule has 4 heteroatoms. The zero-order chi connectivity index (χ0) is 11.3. The van der Waals surface area contributed by atoms with E-state index in [2.05, 4.69) is 6.92 Å². The van der Waals surface area contributed by atoms with Crippen LogP contribution in [0.5, 0.6) is 0 Å². The summed E-state index contributed by atoms with van der Waals surface area (Å²) in [6.07, 6.45) is 6.61. The molecule has 0 radical (unpaired) electrons. The average molecular weight is 233 g/mol. The van der Waals surface area contributed by atoms with Gasteiger partial charge in [-0.3, -0.25) is 0 Å². The lowest BCUT2D eigenvalue weighted by molar-refractivity contribution is 0.431. The van der Waals surface area contributed by atoms with Crippen molar-refractivity contribution in [3.8, 4) is 0 Å². The van der Waals surface area contributed by atoms with Crippen molar-refractivity contribution in [2.24, 2.45) is 5.73 Å². The Bertz CT molecular complexity index is 274. The van der Waals surface area contributed by atoms with Gasteiger partial charge in [-0.25, -0.2) is 8.42 Å². The minimum Gasteiger partial charge on any atom is -0.327 e. The van der Waals surface area contributed by atoms with E-state index in [0.29, 0.717) is 5.75 Å². The summed E-state index contributed by atoms with van der Waals surface area (Å²) in [7, 11) is -2.93. The summed E-state index contributed by atoms with van der Waals surface area (Å²) in [5.41, 5.74) is 5.89. The molecule has 90 valence electrons. The maximum atomic E-state index is 12.0. The highest BCUT2D eigenvalue weighted by atomic mass is 32.2. The Morgan fingerprint density at radius 2 is 1.87 bits per heavy atom. The third kappa shape index (κ3) is 3.76. The van der Waals surface area contributed by atoms with E-state index in [-0.39, 0.29) is 11.3 Å². The van der Waals surface area contributed by atoms with E-state index in [1.807, 2.05) is 0 Å². The van der Waals surface area contributed by atoms with Crippen LogP contribution in [0.1, 0.15) is 51.9 Å². The van der Waals surface area contributed by atoms with E-state index >= 15 is 0 Å². The lowest BCUT2D eigenvalue weighted by atomic mass is 9.96. The lowest BCUT2D eigenvalue weighted by Gasteiger charge is -2.28. The van der Waals surface area contributed by atoms with Crippen LogP contribution in [0.3, 0.4) is 0 Å². The monoisotopic (exact) mass is 233 g/mol. The Morgan fingerprint density at radius 1 is 1.20 bits per heavy atom. The molecule has 3 nitrogen and oxygen atoms in total. The topological polar surface area (TPSA) is 60.2 Å². The Labute approximate surface area is 93.3 Å². The first kappa shape index (κ1) is 13.0. The van der Waals surface area contributed by atoms with E-state index < -0.39 is 9.84 Å². The molecule has 0 heterocycles. The summed E-state index contributed by atoms with van der Waals surface area (Å²) in [4.78, 5) is 0. The van der Waals surface area contributed by atoms with Crippen LogP contribution in [-0.2, 0) is 9.84 Å². The maximum absolute atomic E-state index is 12.0. The molecule has 0 aromatic carbocycles. The standard InChI is InChI=1S/C11H23NO2S/c1-2-3-6-9-15(13,14)11-8-5-4-7-10(11)12/h10-11H,2-9,12H2,1H3. The number of rotatable bonds is 5. The fourth-order valence-corrected chi connectivity index (χ4v) is 4.38. The SMILES string of the molecule is CCCCCS(=O)(=O)C1CCCCC1N. The Kier molecular flexibility index (Phi) is 5.06. The predicted octanol–water partition coefficient (Wildman–Crippen LogP) is 1.86. The van der Waals surface area contributed by atoms with Gasteiger partial charge in [0.05, 0.1) is 11.0 Å². The molecule has 2 atom stereocenters. The quantitative estimate of drug-likeness (QED) is 0.737. The largest absolute Gasteiger partial charge is 0.327 e. The van der Waals surface area contributed by atoms with Crippen molar-refractivity contribution in [1.29, 1.82) is 0 Å². The van der Waals surface area contributed by atoms with Crippen molar-refractivity contribution < 1.29 is 8.42 Å². The molecule has 1 aliphatic carbocycles. The first-order valence-electron chi connectivity index (χ1n) is 6.05. The fourth-order valence-electron chi connectivity index (χ4n) is 2.28. The molecule has 0 aromatic rings.